The van der Waals surface area contributed by atoms with Crippen LogP contribution in [0.15, 0.2) is 0 Å². The largest absolute Gasteiger partial charge is 0.479 e. The summed E-state index contributed by atoms with van der Waals surface area (Å²) in [5.74, 6) is -1.85. The summed E-state index contributed by atoms with van der Waals surface area (Å²) < 4.78 is 0. The number of aliphatic hydroxyl groups excluding tert-OH is 2. The van der Waals surface area contributed by atoms with E-state index in [4.69, 9.17) is 5.11 Å². The first-order valence-corrected chi connectivity index (χ1v) is 9.96. The smallest absolute Gasteiger partial charge is 0.332 e. The lowest BCUT2D eigenvalue weighted by Crippen LogP contribution is -2.51. The first-order chi connectivity index (χ1) is 12.9. The maximum Gasteiger partial charge on any atom is 0.332 e. The van der Waals surface area contributed by atoms with E-state index in [0.29, 0.717) is 25.7 Å². The molecule has 8 nitrogen and oxygen atoms in total. The second kappa shape index (κ2) is 12.9. The second-order valence-electron chi connectivity index (χ2n) is 8.23. The predicted molar refractivity (Wildman–Crippen MR) is 107 cm³/mol. The summed E-state index contributed by atoms with van der Waals surface area (Å²) in [4.78, 5) is 37.9. The Bertz CT molecular complexity index is 509. The van der Waals surface area contributed by atoms with Gasteiger partial charge in [0.05, 0.1) is 18.2 Å². The van der Waals surface area contributed by atoms with Gasteiger partial charge in [-0.2, -0.15) is 0 Å². The van der Waals surface area contributed by atoms with Crippen molar-refractivity contribution < 1.29 is 29.7 Å². The molecule has 0 aromatic rings. The van der Waals surface area contributed by atoms with E-state index in [1.165, 1.54) is 4.90 Å². The molecular weight excluding hydrogens is 364 g/mol. The maximum atomic E-state index is 12.9. The standard InChI is InChI=1S/C20H38N2O6/c1-12(2)9-15(21-5)19(26)22(6)16(10-13(3)7-8-14(4)23)17(24)11-18(25)20(27)28/h12-16,18,21,23,25H,7-11H2,1-6H3,(H,27,28)/t13?,14?,15-,16-,18?/m0/s1. The molecule has 0 radical (unpaired) electrons. The third kappa shape index (κ3) is 9.61. The minimum atomic E-state index is -1.79. The van der Waals surface area contributed by atoms with Crippen molar-refractivity contribution in [2.75, 3.05) is 14.1 Å². The molecule has 0 saturated heterocycles. The van der Waals surface area contributed by atoms with Crippen LogP contribution < -0.4 is 5.32 Å². The zero-order valence-corrected chi connectivity index (χ0v) is 18.0. The molecule has 0 saturated carbocycles. The van der Waals surface area contributed by atoms with Gasteiger partial charge in [0.15, 0.2) is 11.9 Å². The van der Waals surface area contributed by atoms with Gasteiger partial charge in [0.1, 0.15) is 0 Å². The number of carbonyl (C=O) groups is 3. The highest BCUT2D eigenvalue weighted by atomic mass is 16.4. The van der Waals surface area contributed by atoms with Crippen LogP contribution in [0, 0.1) is 11.8 Å². The van der Waals surface area contributed by atoms with E-state index < -0.39 is 42.5 Å². The van der Waals surface area contributed by atoms with Crippen molar-refractivity contribution in [1.29, 1.82) is 0 Å². The minimum absolute atomic E-state index is 0.0407. The number of ketones is 1. The second-order valence-corrected chi connectivity index (χ2v) is 8.23. The van der Waals surface area contributed by atoms with Crippen LogP contribution in [-0.2, 0) is 14.4 Å². The molecule has 0 bridgehead atoms. The fourth-order valence-corrected chi connectivity index (χ4v) is 3.16. The number of amides is 1. The van der Waals surface area contributed by atoms with Gasteiger partial charge in [-0.1, -0.05) is 20.8 Å². The first-order valence-electron chi connectivity index (χ1n) is 9.96. The molecular formula is C20H38N2O6. The Morgan fingerprint density at radius 2 is 1.57 bits per heavy atom. The molecule has 164 valence electrons. The summed E-state index contributed by atoms with van der Waals surface area (Å²) in [6, 6.07) is -1.27. The van der Waals surface area contributed by atoms with Crippen molar-refractivity contribution in [3.05, 3.63) is 0 Å². The normalized spacial score (nSPS) is 16.9. The number of Topliss-reactive ketones (excluding diaryl/α,β-unsaturated/α-hetero) is 1. The highest BCUT2D eigenvalue weighted by molar-refractivity contribution is 5.93. The Morgan fingerprint density at radius 3 is 2.00 bits per heavy atom. The Morgan fingerprint density at radius 1 is 1.00 bits per heavy atom. The Balaban J connectivity index is 5.40. The molecule has 8 heteroatoms. The molecule has 1 amide bonds. The first kappa shape index (κ1) is 26.5. The average Bonchev–Trinajstić information content (AvgIpc) is 2.60. The van der Waals surface area contributed by atoms with Crippen molar-refractivity contribution >= 4 is 17.7 Å². The SMILES string of the molecule is CN[C@@H](CC(C)C)C(=O)N(C)[C@@H](CC(C)CCC(C)O)C(=O)CC(O)C(=O)O. The number of rotatable bonds is 14. The molecule has 0 rings (SSSR count). The van der Waals surface area contributed by atoms with Crippen LogP contribution >= 0.6 is 0 Å². The Labute approximate surface area is 168 Å². The van der Waals surface area contributed by atoms with E-state index >= 15 is 0 Å². The molecule has 0 spiro atoms. The number of hydrogen-bond acceptors (Lipinski definition) is 6. The lowest BCUT2D eigenvalue weighted by Gasteiger charge is -2.33. The van der Waals surface area contributed by atoms with Crippen molar-refractivity contribution in [1.82, 2.24) is 10.2 Å². The van der Waals surface area contributed by atoms with Gasteiger partial charge in [-0.3, -0.25) is 9.59 Å². The van der Waals surface area contributed by atoms with Gasteiger partial charge >= 0.3 is 5.97 Å². The molecule has 0 aliphatic rings. The van der Waals surface area contributed by atoms with Crippen molar-refractivity contribution in [3.63, 3.8) is 0 Å². The van der Waals surface area contributed by atoms with E-state index in [2.05, 4.69) is 5.32 Å². The van der Waals surface area contributed by atoms with Crippen LogP contribution in [0.1, 0.15) is 59.8 Å². The predicted octanol–water partition coefficient (Wildman–Crippen LogP) is 1.04. The monoisotopic (exact) mass is 402 g/mol. The van der Waals surface area contributed by atoms with Gasteiger partial charge in [-0.15, -0.1) is 0 Å². The number of aliphatic carboxylic acids is 1. The van der Waals surface area contributed by atoms with E-state index in [0.717, 1.165) is 0 Å². The number of aliphatic hydroxyl groups is 2. The van der Waals surface area contributed by atoms with Crippen LogP contribution in [0.3, 0.4) is 0 Å². The molecule has 4 N–H and O–H groups in total. The third-order valence-electron chi connectivity index (χ3n) is 4.92. The van der Waals surface area contributed by atoms with E-state index in [1.807, 2.05) is 20.8 Å². The molecule has 0 fully saturated rings. The van der Waals surface area contributed by atoms with E-state index in [9.17, 15) is 24.6 Å². The number of likely N-dealkylation sites (N-methyl/N-ethyl adjacent to an activating group) is 2. The van der Waals surface area contributed by atoms with Crippen LogP contribution in [0.2, 0.25) is 0 Å². The molecule has 0 aromatic heterocycles. The highest BCUT2D eigenvalue weighted by Gasteiger charge is 2.33. The molecule has 28 heavy (non-hydrogen) atoms. The van der Waals surface area contributed by atoms with Gasteiger partial charge in [0, 0.05) is 13.5 Å². The van der Waals surface area contributed by atoms with Gasteiger partial charge < -0.3 is 25.5 Å². The quantitative estimate of drug-likeness (QED) is 0.342. The molecule has 3 unspecified atom stereocenters. The molecule has 0 heterocycles. The number of hydrogen-bond donors (Lipinski definition) is 4. The van der Waals surface area contributed by atoms with Gasteiger partial charge in [-0.05, 0) is 51.5 Å². The molecule has 0 aliphatic heterocycles. The number of carboxylic acid groups (broad SMARTS) is 1. The van der Waals surface area contributed by atoms with Gasteiger partial charge in [0.25, 0.3) is 0 Å². The summed E-state index contributed by atoms with van der Waals surface area (Å²) in [5, 5.41) is 30.9. The van der Waals surface area contributed by atoms with Crippen LogP contribution in [0.25, 0.3) is 0 Å². The van der Waals surface area contributed by atoms with Crippen LogP contribution in [0.4, 0.5) is 0 Å². The topological polar surface area (TPSA) is 127 Å². The van der Waals surface area contributed by atoms with Crippen molar-refractivity contribution in [3.8, 4) is 0 Å². The van der Waals surface area contributed by atoms with Gasteiger partial charge in [0.2, 0.25) is 5.91 Å². The summed E-state index contributed by atoms with van der Waals surface area (Å²) in [6.45, 7) is 7.62. The fourth-order valence-electron chi connectivity index (χ4n) is 3.16. The minimum Gasteiger partial charge on any atom is -0.479 e. The number of carboxylic acids is 1. The average molecular weight is 403 g/mol. The maximum absolute atomic E-state index is 12.9. The van der Waals surface area contributed by atoms with E-state index in [-0.39, 0.29) is 17.7 Å². The Hall–Kier alpha value is -1.51. The summed E-state index contributed by atoms with van der Waals surface area (Å²) in [5.41, 5.74) is 0. The zero-order chi connectivity index (χ0) is 22.0. The van der Waals surface area contributed by atoms with Gasteiger partial charge in [-0.25, -0.2) is 4.79 Å². The van der Waals surface area contributed by atoms with Crippen molar-refractivity contribution in [2.45, 2.75) is 84.1 Å². The molecule has 0 aromatic carbocycles. The lowest BCUT2D eigenvalue weighted by atomic mass is 9.90. The summed E-state index contributed by atoms with van der Waals surface area (Å²) >= 11 is 0. The zero-order valence-electron chi connectivity index (χ0n) is 18.0. The summed E-state index contributed by atoms with van der Waals surface area (Å²) in [7, 11) is 3.24. The van der Waals surface area contributed by atoms with E-state index in [1.54, 1.807) is 21.0 Å². The summed E-state index contributed by atoms with van der Waals surface area (Å²) in [6.07, 6.45) is -0.591. The lowest BCUT2D eigenvalue weighted by molar-refractivity contribution is -0.150. The van der Waals surface area contributed by atoms with Crippen LogP contribution in [-0.4, -0.2) is 76.3 Å². The number of nitrogens with zero attached hydrogens (tertiary/aromatic N) is 1. The third-order valence-corrected chi connectivity index (χ3v) is 4.92. The molecule has 0 aliphatic carbocycles. The van der Waals surface area contributed by atoms with Crippen LogP contribution in [0.5, 0.6) is 0 Å². The highest BCUT2D eigenvalue weighted by Crippen LogP contribution is 2.21. The number of nitrogens with one attached hydrogen (secondary N) is 1. The Kier molecular flexibility index (Phi) is 12.2. The fraction of sp³-hybridized carbons (Fsp3) is 0.850. The number of carbonyl (C=O) groups excluding carboxylic acids is 2. The molecule has 5 atom stereocenters. The van der Waals surface area contributed by atoms with Crippen molar-refractivity contribution in [2.24, 2.45) is 11.8 Å².